The molecule has 8 heavy (non-hydrogen) atoms. The lowest BCUT2D eigenvalue weighted by atomic mass is 10.8. The van der Waals surface area contributed by atoms with Crippen molar-refractivity contribution in [2.24, 2.45) is 0 Å². The third kappa shape index (κ3) is 2.85. The van der Waals surface area contributed by atoms with Gasteiger partial charge in [-0.15, -0.1) is 11.8 Å². The molecule has 1 unspecified atom stereocenters. The summed E-state index contributed by atoms with van der Waals surface area (Å²) in [5, 5.41) is 9.58. The van der Waals surface area contributed by atoms with Crippen LogP contribution in [-0.2, 0) is 4.79 Å². The molecule has 0 aliphatic heterocycles. The topological polar surface area (TPSA) is 40.1 Å². The van der Waals surface area contributed by atoms with Crippen LogP contribution in [0, 0.1) is 0 Å². The number of aliphatic carboxylic acids is 1. The van der Waals surface area contributed by atoms with E-state index in [9.17, 15) is 14.3 Å². The first-order chi connectivity index (χ1) is 3.68. The number of hydrogen-bond acceptors (Lipinski definition) is 3. The third-order valence-electron chi connectivity index (χ3n) is 0.498. The van der Waals surface area contributed by atoms with Crippen LogP contribution in [0.1, 0.15) is 6.92 Å². The zero-order valence-corrected chi connectivity index (χ0v) is 5.20. The van der Waals surface area contributed by atoms with Gasteiger partial charge >= 0.3 is 0 Å². The Bertz CT molecular complexity index is 86.1. The first kappa shape index (κ1) is 7.75. The Morgan fingerprint density at radius 1 is 2.00 bits per heavy atom. The highest BCUT2D eigenvalue weighted by atomic mass is 32.2. The highest BCUT2D eigenvalue weighted by Gasteiger charge is 2.03. The van der Waals surface area contributed by atoms with Crippen LogP contribution in [0.3, 0.4) is 0 Å². The summed E-state index contributed by atoms with van der Waals surface area (Å²) in [4.78, 5) is 9.58. The summed E-state index contributed by atoms with van der Waals surface area (Å²) in [6.45, 7) is 1.68. The van der Waals surface area contributed by atoms with Crippen molar-refractivity contribution >= 4 is 17.7 Å². The molecule has 0 radical (unpaired) electrons. The quantitative estimate of drug-likeness (QED) is 0.540. The van der Waals surface area contributed by atoms with Gasteiger partial charge in [-0.25, -0.2) is 4.39 Å². The summed E-state index contributed by atoms with van der Waals surface area (Å²) < 4.78 is 11.8. The molecular formula is C4H6FO2S-. The monoisotopic (exact) mass is 137 g/mol. The van der Waals surface area contributed by atoms with Crippen molar-refractivity contribution in [2.75, 3.05) is 5.75 Å². The highest BCUT2D eigenvalue weighted by Crippen LogP contribution is 2.09. The molecule has 0 heterocycles. The van der Waals surface area contributed by atoms with E-state index in [1.54, 1.807) is 6.92 Å². The van der Waals surface area contributed by atoms with Crippen LogP contribution in [0.2, 0.25) is 0 Å². The van der Waals surface area contributed by atoms with Gasteiger partial charge in [0.2, 0.25) is 0 Å². The van der Waals surface area contributed by atoms with Crippen molar-refractivity contribution in [3.63, 3.8) is 0 Å². The first-order valence-corrected chi connectivity index (χ1v) is 3.20. The fraction of sp³-hybridized carbons (Fsp3) is 0.750. The molecule has 1 atom stereocenters. The van der Waals surface area contributed by atoms with Crippen LogP contribution in [0.15, 0.2) is 0 Å². The Morgan fingerprint density at radius 2 is 2.50 bits per heavy atom. The van der Waals surface area contributed by atoms with Crippen LogP contribution in [-0.4, -0.2) is 17.2 Å². The molecule has 0 aromatic rings. The Hall–Kier alpha value is -0.250. The van der Waals surface area contributed by atoms with Gasteiger partial charge in [0.1, 0.15) is 0 Å². The van der Waals surface area contributed by atoms with Gasteiger partial charge in [-0.2, -0.15) is 0 Å². The zero-order valence-electron chi connectivity index (χ0n) is 4.39. The smallest absolute Gasteiger partial charge is 0.185 e. The molecule has 0 spiro atoms. The van der Waals surface area contributed by atoms with E-state index in [1.807, 2.05) is 0 Å². The maximum Gasteiger partial charge on any atom is 0.185 e. The Kier molecular flexibility index (Phi) is 3.60. The molecule has 0 saturated heterocycles. The molecule has 0 aromatic heterocycles. The van der Waals surface area contributed by atoms with Gasteiger partial charge in [0.05, 0.1) is 5.97 Å². The highest BCUT2D eigenvalue weighted by molar-refractivity contribution is 8.00. The van der Waals surface area contributed by atoms with Crippen molar-refractivity contribution in [1.82, 2.24) is 0 Å². The van der Waals surface area contributed by atoms with Crippen molar-refractivity contribution in [3.8, 4) is 0 Å². The Morgan fingerprint density at radius 3 is 2.62 bits per heavy atom. The predicted molar refractivity (Wildman–Crippen MR) is 28.0 cm³/mol. The number of thioether (sulfide) groups is 1. The lowest BCUT2D eigenvalue weighted by Crippen LogP contribution is -2.30. The van der Waals surface area contributed by atoms with E-state index in [-0.39, 0.29) is 0 Å². The number of hydrogen-bond donors (Lipinski definition) is 0. The molecule has 0 rings (SSSR count). The predicted octanol–water partition coefficient (Wildman–Crippen LogP) is -0.215. The van der Waals surface area contributed by atoms with Crippen LogP contribution < -0.4 is 5.11 Å². The van der Waals surface area contributed by atoms with E-state index in [2.05, 4.69) is 0 Å². The standard InChI is InChI=1S/C4H7FO2S/c1-2-8-3(5)4(6)7/h3H,2H2,1H3,(H,6,7)/p-1. The normalized spacial score (nSPS) is 13.2. The van der Waals surface area contributed by atoms with Crippen LogP contribution in [0.4, 0.5) is 4.39 Å². The maximum atomic E-state index is 11.8. The minimum absolute atomic E-state index is 0.454. The number of alkyl halides is 1. The summed E-state index contributed by atoms with van der Waals surface area (Å²) in [7, 11) is 0. The van der Waals surface area contributed by atoms with Crippen molar-refractivity contribution in [2.45, 2.75) is 12.4 Å². The summed E-state index contributed by atoms with van der Waals surface area (Å²) in [6, 6.07) is 0. The number of halogens is 1. The van der Waals surface area contributed by atoms with Gasteiger partial charge in [0.25, 0.3) is 0 Å². The van der Waals surface area contributed by atoms with Crippen molar-refractivity contribution in [1.29, 1.82) is 0 Å². The van der Waals surface area contributed by atoms with Crippen molar-refractivity contribution < 1.29 is 14.3 Å². The number of carboxylic acid groups (broad SMARTS) is 1. The molecular weight excluding hydrogens is 131 g/mol. The van der Waals surface area contributed by atoms with E-state index in [0.29, 0.717) is 17.5 Å². The number of carbonyl (C=O) groups is 1. The molecule has 0 aromatic carbocycles. The average Bonchev–Trinajstić information content (AvgIpc) is 1.67. The average molecular weight is 137 g/mol. The first-order valence-electron chi connectivity index (χ1n) is 2.15. The molecule has 0 aliphatic carbocycles. The molecule has 4 heteroatoms. The Balaban J connectivity index is 3.32. The van der Waals surface area contributed by atoms with E-state index in [1.165, 1.54) is 0 Å². The van der Waals surface area contributed by atoms with Gasteiger partial charge in [-0.3, -0.25) is 0 Å². The van der Waals surface area contributed by atoms with E-state index < -0.39 is 11.5 Å². The molecule has 0 aliphatic rings. The molecule has 2 nitrogen and oxygen atoms in total. The summed E-state index contributed by atoms with van der Waals surface area (Å²) >= 11 is 0.711. The molecule has 48 valence electrons. The van der Waals surface area contributed by atoms with Gasteiger partial charge in [-0.1, -0.05) is 6.92 Å². The fourth-order valence-corrected chi connectivity index (χ4v) is 0.643. The van der Waals surface area contributed by atoms with Crippen LogP contribution in [0.25, 0.3) is 0 Å². The van der Waals surface area contributed by atoms with Crippen LogP contribution >= 0.6 is 11.8 Å². The van der Waals surface area contributed by atoms with Gasteiger partial charge < -0.3 is 9.90 Å². The number of carboxylic acids is 1. The van der Waals surface area contributed by atoms with E-state index in [0.717, 1.165) is 0 Å². The second-order valence-electron chi connectivity index (χ2n) is 1.09. The van der Waals surface area contributed by atoms with E-state index in [4.69, 9.17) is 0 Å². The zero-order chi connectivity index (χ0) is 6.57. The Labute approximate surface area is 51.1 Å². The molecule has 0 fully saturated rings. The number of rotatable bonds is 3. The second kappa shape index (κ2) is 3.72. The summed E-state index contributed by atoms with van der Waals surface area (Å²) in [5.41, 5.74) is -1.86. The van der Waals surface area contributed by atoms with E-state index >= 15 is 0 Å². The van der Waals surface area contributed by atoms with Gasteiger partial charge in [-0.05, 0) is 5.75 Å². The SMILES string of the molecule is CCSC(F)C(=O)[O-]. The molecule has 0 N–H and O–H groups in total. The minimum Gasteiger partial charge on any atom is -0.546 e. The lowest BCUT2D eigenvalue weighted by molar-refractivity contribution is -0.308. The fourth-order valence-electron chi connectivity index (χ4n) is 0.214. The molecule has 0 amide bonds. The summed E-state index contributed by atoms with van der Waals surface area (Å²) in [5.74, 6) is -1.19. The van der Waals surface area contributed by atoms with Crippen molar-refractivity contribution in [3.05, 3.63) is 0 Å². The summed E-state index contributed by atoms with van der Waals surface area (Å²) in [6.07, 6.45) is 0. The molecule has 0 saturated carbocycles. The van der Waals surface area contributed by atoms with Crippen LogP contribution in [0.5, 0.6) is 0 Å². The minimum atomic E-state index is -1.86. The third-order valence-corrected chi connectivity index (χ3v) is 1.32. The van der Waals surface area contributed by atoms with Gasteiger partial charge in [0, 0.05) is 0 Å². The molecule has 0 bridgehead atoms. The maximum absolute atomic E-state index is 11.8. The second-order valence-corrected chi connectivity index (χ2v) is 2.41. The number of carbonyl (C=O) groups excluding carboxylic acids is 1. The van der Waals surface area contributed by atoms with Gasteiger partial charge in [0.15, 0.2) is 5.50 Å². The lowest BCUT2D eigenvalue weighted by Gasteiger charge is -2.04. The largest absolute Gasteiger partial charge is 0.546 e.